The number of carbonyl (C=O) groups is 3. The number of aliphatic carboxylic acids is 1. The average Bonchev–Trinajstić information content (AvgIpc) is 2.46. The van der Waals surface area contributed by atoms with E-state index in [1.54, 1.807) is 0 Å². The van der Waals surface area contributed by atoms with E-state index in [-0.39, 0.29) is 17.8 Å². The Labute approximate surface area is 126 Å². The molecule has 0 fully saturated rings. The van der Waals surface area contributed by atoms with Gasteiger partial charge in [-0.1, -0.05) is 6.92 Å². The lowest BCUT2D eigenvalue weighted by atomic mass is 10.1. The van der Waals surface area contributed by atoms with Crippen molar-refractivity contribution < 1.29 is 28.6 Å². The quantitative estimate of drug-likeness (QED) is 0.808. The summed E-state index contributed by atoms with van der Waals surface area (Å²) in [4.78, 5) is 35.5. The number of nitrogens with one attached hydrogen (secondary N) is 1. The number of carboxylic acids is 1. The molecule has 1 aromatic carbocycles. The predicted molar refractivity (Wildman–Crippen MR) is 76.2 cm³/mol. The predicted octanol–water partition coefficient (Wildman–Crippen LogP) is 1.80. The zero-order chi connectivity index (χ0) is 16.9. The highest BCUT2D eigenvalue weighted by molar-refractivity contribution is 6.00. The number of hydrogen-bond acceptors (Lipinski definition) is 4. The van der Waals surface area contributed by atoms with E-state index in [0.717, 1.165) is 24.1 Å². The third-order valence-electron chi connectivity index (χ3n) is 2.94. The maximum Gasteiger partial charge on any atom is 0.339 e. The number of amides is 2. The van der Waals surface area contributed by atoms with Crippen LogP contribution in [-0.2, 0) is 9.53 Å². The summed E-state index contributed by atoms with van der Waals surface area (Å²) in [5.74, 6) is -3.16. The Morgan fingerprint density at radius 1 is 1.41 bits per heavy atom. The Hall–Kier alpha value is -2.64. The highest BCUT2D eigenvalue weighted by Gasteiger charge is 2.20. The van der Waals surface area contributed by atoms with Crippen LogP contribution in [0.1, 0.15) is 17.3 Å². The maximum atomic E-state index is 13.3. The lowest BCUT2D eigenvalue weighted by Crippen LogP contribution is -2.37. The third-order valence-corrected chi connectivity index (χ3v) is 2.94. The number of carbonyl (C=O) groups excluding carboxylic acids is 2. The number of halogens is 1. The highest BCUT2D eigenvalue weighted by atomic mass is 19.1. The number of ether oxygens (including phenoxy) is 1. The molecule has 0 aliphatic rings. The second-order valence-corrected chi connectivity index (χ2v) is 4.73. The molecule has 22 heavy (non-hydrogen) atoms. The number of carboxylic acid groups (broad SMARTS) is 1. The minimum atomic E-state index is -1.04. The van der Waals surface area contributed by atoms with Gasteiger partial charge in [-0.15, -0.1) is 0 Å². The fourth-order valence-corrected chi connectivity index (χ4v) is 1.69. The summed E-state index contributed by atoms with van der Waals surface area (Å²) in [5.41, 5.74) is -0.0522. The summed E-state index contributed by atoms with van der Waals surface area (Å²) >= 11 is 0. The van der Waals surface area contributed by atoms with Crippen molar-refractivity contribution in [3.8, 4) is 0 Å². The number of esters is 1. The van der Waals surface area contributed by atoms with Gasteiger partial charge in [0.25, 0.3) is 0 Å². The van der Waals surface area contributed by atoms with Crippen LogP contribution in [-0.4, -0.2) is 48.7 Å². The second kappa shape index (κ2) is 7.39. The van der Waals surface area contributed by atoms with Gasteiger partial charge in [0.1, 0.15) is 5.82 Å². The van der Waals surface area contributed by atoms with Crippen molar-refractivity contribution in [3.63, 3.8) is 0 Å². The molecule has 2 N–H and O–H groups in total. The van der Waals surface area contributed by atoms with Crippen LogP contribution < -0.4 is 5.32 Å². The summed E-state index contributed by atoms with van der Waals surface area (Å²) in [5, 5.41) is 11.2. The first-order valence-electron chi connectivity index (χ1n) is 6.39. The summed E-state index contributed by atoms with van der Waals surface area (Å²) < 4.78 is 17.8. The molecule has 1 aromatic rings. The normalized spacial score (nSPS) is 11.5. The first-order chi connectivity index (χ1) is 10.3. The molecule has 1 rings (SSSR count). The van der Waals surface area contributed by atoms with Crippen molar-refractivity contribution in [1.29, 1.82) is 0 Å². The van der Waals surface area contributed by atoms with Crippen molar-refractivity contribution in [2.75, 3.05) is 26.0 Å². The van der Waals surface area contributed by atoms with Crippen LogP contribution in [0.5, 0.6) is 0 Å². The third kappa shape index (κ3) is 4.44. The Morgan fingerprint density at radius 3 is 2.59 bits per heavy atom. The van der Waals surface area contributed by atoms with Gasteiger partial charge < -0.3 is 20.1 Å². The van der Waals surface area contributed by atoms with Gasteiger partial charge in [-0.2, -0.15) is 0 Å². The van der Waals surface area contributed by atoms with Crippen molar-refractivity contribution in [2.24, 2.45) is 5.92 Å². The van der Waals surface area contributed by atoms with Gasteiger partial charge in [0.15, 0.2) is 0 Å². The van der Waals surface area contributed by atoms with E-state index in [1.807, 2.05) is 0 Å². The summed E-state index contributed by atoms with van der Waals surface area (Å²) in [7, 11) is 2.56. The Bertz CT molecular complexity index is 591. The second-order valence-electron chi connectivity index (χ2n) is 4.73. The van der Waals surface area contributed by atoms with Gasteiger partial charge in [0.05, 0.1) is 24.3 Å². The zero-order valence-corrected chi connectivity index (χ0v) is 12.4. The monoisotopic (exact) mass is 312 g/mol. The highest BCUT2D eigenvalue weighted by Crippen LogP contribution is 2.19. The fraction of sp³-hybridized carbons (Fsp3) is 0.357. The topological polar surface area (TPSA) is 95.9 Å². The van der Waals surface area contributed by atoms with Crippen LogP contribution >= 0.6 is 0 Å². The maximum absolute atomic E-state index is 13.3. The van der Waals surface area contributed by atoms with Gasteiger partial charge in [-0.3, -0.25) is 4.79 Å². The first kappa shape index (κ1) is 17.4. The molecule has 0 aliphatic heterocycles. The summed E-state index contributed by atoms with van der Waals surface area (Å²) in [6.07, 6.45) is 0. The number of methoxy groups -OCH3 is 1. The van der Waals surface area contributed by atoms with Crippen LogP contribution in [0.4, 0.5) is 14.9 Å². The fourth-order valence-electron chi connectivity index (χ4n) is 1.69. The Morgan fingerprint density at radius 2 is 2.05 bits per heavy atom. The molecule has 0 spiro atoms. The molecule has 0 aromatic heterocycles. The first-order valence-corrected chi connectivity index (χ1v) is 6.39. The van der Waals surface area contributed by atoms with Crippen molar-refractivity contribution in [1.82, 2.24) is 4.90 Å². The molecular formula is C14H17FN2O5. The van der Waals surface area contributed by atoms with Gasteiger partial charge in [0.2, 0.25) is 0 Å². The van der Waals surface area contributed by atoms with Gasteiger partial charge in [0, 0.05) is 13.6 Å². The SMILES string of the molecule is COC(=O)c1ccc(F)cc1NC(=O)N(C)CC(C)C(=O)O. The minimum absolute atomic E-state index is 0.00284. The number of rotatable bonds is 5. The van der Waals surface area contributed by atoms with Gasteiger partial charge in [-0.05, 0) is 18.2 Å². The number of anilines is 1. The van der Waals surface area contributed by atoms with E-state index in [1.165, 1.54) is 20.0 Å². The van der Waals surface area contributed by atoms with Crippen LogP contribution in [0.2, 0.25) is 0 Å². The van der Waals surface area contributed by atoms with E-state index >= 15 is 0 Å². The molecule has 2 amide bonds. The lowest BCUT2D eigenvalue weighted by Gasteiger charge is -2.20. The van der Waals surface area contributed by atoms with E-state index in [0.29, 0.717) is 0 Å². The molecule has 0 saturated heterocycles. The van der Waals surface area contributed by atoms with Crippen molar-refractivity contribution in [3.05, 3.63) is 29.6 Å². The molecule has 1 atom stereocenters. The molecule has 120 valence electrons. The molecule has 0 aliphatic carbocycles. The molecule has 0 saturated carbocycles. The number of nitrogens with zero attached hydrogens (tertiary/aromatic N) is 1. The van der Waals surface area contributed by atoms with Crippen molar-refractivity contribution in [2.45, 2.75) is 6.92 Å². The van der Waals surface area contributed by atoms with Crippen molar-refractivity contribution >= 4 is 23.7 Å². The summed E-state index contributed by atoms with van der Waals surface area (Å²) in [6, 6.07) is 2.58. The van der Waals surface area contributed by atoms with Crippen LogP contribution in [0, 0.1) is 11.7 Å². The molecule has 1 unspecified atom stereocenters. The van der Waals surface area contributed by atoms with Crippen LogP contribution in [0.15, 0.2) is 18.2 Å². The molecule has 7 nitrogen and oxygen atoms in total. The molecular weight excluding hydrogens is 295 g/mol. The summed E-state index contributed by atoms with van der Waals surface area (Å²) in [6.45, 7) is 1.41. The van der Waals surface area contributed by atoms with Gasteiger partial charge >= 0.3 is 18.0 Å². The van der Waals surface area contributed by atoms with E-state index in [9.17, 15) is 18.8 Å². The largest absolute Gasteiger partial charge is 0.481 e. The van der Waals surface area contributed by atoms with E-state index < -0.39 is 29.7 Å². The number of urea groups is 1. The standard InChI is InChI=1S/C14H17FN2O5/c1-8(12(18)19)7-17(2)14(21)16-11-6-9(15)4-5-10(11)13(20)22-3/h4-6,8H,7H2,1-3H3,(H,16,21)(H,18,19). The molecule has 8 heteroatoms. The van der Waals surface area contributed by atoms with E-state index in [2.05, 4.69) is 10.1 Å². The number of benzene rings is 1. The van der Waals surface area contributed by atoms with E-state index in [4.69, 9.17) is 5.11 Å². The minimum Gasteiger partial charge on any atom is -0.481 e. The van der Waals surface area contributed by atoms with Crippen LogP contribution in [0.3, 0.4) is 0 Å². The Balaban J connectivity index is 2.89. The number of hydrogen-bond donors (Lipinski definition) is 2. The Kier molecular flexibility index (Phi) is 5.85. The molecule has 0 radical (unpaired) electrons. The average molecular weight is 312 g/mol. The van der Waals surface area contributed by atoms with Gasteiger partial charge in [-0.25, -0.2) is 14.0 Å². The smallest absolute Gasteiger partial charge is 0.339 e. The zero-order valence-electron chi connectivity index (χ0n) is 12.4. The lowest BCUT2D eigenvalue weighted by molar-refractivity contribution is -0.141. The van der Waals surface area contributed by atoms with Crippen LogP contribution in [0.25, 0.3) is 0 Å². The molecule has 0 heterocycles. The molecule has 0 bridgehead atoms.